The first kappa shape index (κ1) is 25.6. The predicted octanol–water partition coefficient (Wildman–Crippen LogP) is 3.49. The number of aliphatic imine (C=N–C) groups is 1. The van der Waals surface area contributed by atoms with Crippen LogP contribution >= 0.6 is 0 Å². The van der Waals surface area contributed by atoms with Gasteiger partial charge in [0.15, 0.2) is 11.0 Å². The average molecular weight is 484 g/mol. The van der Waals surface area contributed by atoms with Crippen LogP contribution < -0.4 is 10.2 Å². The van der Waals surface area contributed by atoms with Crippen LogP contribution in [0.15, 0.2) is 53.5 Å². The molecule has 0 aromatic heterocycles. The molecule has 2 aliphatic heterocycles. The van der Waals surface area contributed by atoms with E-state index in [9.17, 15) is 18.3 Å². The molecule has 4 rings (SSSR count). The highest BCUT2D eigenvalue weighted by molar-refractivity contribution is 7.73. The number of nitrogens with zero attached hydrogens (tertiary/aromatic N) is 2. The average Bonchev–Trinajstić information content (AvgIpc) is 3.24. The summed E-state index contributed by atoms with van der Waals surface area (Å²) in [6.45, 7) is 6.49. The molecule has 1 saturated heterocycles. The zero-order valence-corrected chi connectivity index (χ0v) is 20.6. The Kier molecular flexibility index (Phi) is 9.42. The smallest absolute Gasteiger partial charge is 0.334 e. The lowest BCUT2D eigenvalue weighted by molar-refractivity contribution is -0.136. The molecule has 7 nitrogen and oxygen atoms in total. The van der Waals surface area contributed by atoms with E-state index < -0.39 is 22.3 Å². The second-order valence-corrected chi connectivity index (χ2v) is 9.20. The summed E-state index contributed by atoms with van der Waals surface area (Å²) in [7, 11) is -2.73. The van der Waals surface area contributed by atoms with Gasteiger partial charge < -0.3 is 15.3 Å². The van der Waals surface area contributed by atoms with Crippen LogP contribution in [0.4, 0.5) is 5.69 Å². The number of aliphatic carboxylic acids is 1. The van der Waals surface area contributed by atoms with Gasteiger partial charge >= 0.3 is 5.97 Å². The van der Waals surface area contributed by atoms with Gasteiger partial charge in [-0.3, -0.25) is 0 Å². The lowest BCUT2D eigenvalue weighted by Gasteiger charge is -2.29. The van der Waals surface area contributed by atoms with Crippen molar-refractivity contribution in [3.8, 4) is 0 Å². The first-order chi connectivity index (χ1) is 16.5. The Hall–Kier alpha value is -2.97. The lowest BCUT2D eigenvalue weighted by Crippen LogP contribution is -2.45. The molecule has 0 amide bonds. The molecule has 1 unspecified atom stereocenters. The maximum Gasteiger partial charge on any atom is 0.334 e. The highest BCUT2D eigenvalue weighted by atomic mass is 32.2. The third-order valence-electron chi connectivity index (χ3n) is 6.03. The van der Waals surface area contributed by atoms with Crippen LogP contribution in [-0.2, 0) is 34.4 Å². The molecule has 2 N–H and O–H groups in total. The zero-order chi connectivity index (χ0) is 24.5. The highest BCUT2D eigenvalue weighted by Gasteiger charge is 2.42. The van der Waals surface area contributed by atoms with Crippen molar-refractivity contribution in [1.82, 2.24) is 5.32 Å². The number of benzene rings is 2. The Morgan fingerprint density at radius 3 is 2.06 bits per heavy atom. The molecular formula is C26H33N3O4S. The first-order valence-corrected chi connectivity index (χ1v) is 13.0. The number of para-hydroxylation sites is 1. The molecule has 2 aromatic rings. The van der Waals surface area contributed by atoms with E-state index in [1.54, 1.807) is 4.90 Å². The topological polar surface area (TPSA) is 99.1 Å². The number of hydrogen-bond acceptors (Lipinski definition) is 5. The van der Waals surface area contributed by atoms with Crippen LogP contribution in [0.25, 0.3) is 0 Å². The molecule has 0 spiro atoms. The Morgan fingerprint density at radius 1 is 1.00 bits per heavy atom. The van der Waals surface area contributed by atoms with Crippen molar-refractivity contribution in [1.29, 1.82) is 0 Å². The third kappa shape index (κ3) is 6.12. The van der Waals surface area contributed by atoms with Crippen LogP contribution in [0, 0.1) is 0 Å². The molecule has 182 valence electrons. The van der Waals surface area contributed by atoms with Gasteiger partial charge in [0.25, 0.3) is 0 Å². The molecule has 1 atom stereocenters. The summed E-state index contributed by atoms with van der Waals surface area (Å²) >= 11 is 0. The highest BCUT2D eigenvalue weighted by Crippen LogP contribution is 2.33. The second-order valence-electron chi connectivity index (χ2n) is 8.32. The number of nitrogens with one attached hydrogen (secondary N) is 1. The van der Waals surface area contributed by atoms with E-state index >= 15 is 0 Å². The van der Waals surface area contributed by atoms with Crippen LogP contribution in [0.2, 0.25) is 0 Å². The fourth-order valence-electron chi connectivity index (χ4n) is 4.33. The predicted molar refractivity (Wildman–Crippen MR) is 137 cm³/mol. The van der Waals surface area contributed by atoms with E-state index in [2.05, 4.69) is 10.3 Å². The van der Waals surface area contributed by atoms with Crippen molar-refractivity contribution in [3.05, 3.63) is 65.2 Å². The number of carboxylic acid groups (broad SMARTS) is 1. The molecule has 34 heavy (non-hydrogen) atoms. The monoisotopic (exact) mass is 483 g/mol. The van der Waals surface area contributed by atoms with Gasteiger partial charge in [0, 0.05) is 12.1 Å². The number of carboxylic acids is 1. The Labute approximate surface area is 203 Å². The van der Waals surface area contributed by atoms with Gasteiger partial charge in [0.05, 0.1) is 0 Å². The summed E-state index contributed by atoms with van der Waals surface area (Å²) in [5.41, 5.74) is 3.60. The molecule has 0 radical (unpaired) electrons. The first-order valence-electron chi connectivity index (χ1n) is 11.9. The number of amidine groups is 1. The van der Waals surface area contributed by atoms with Gasteiger partial charge in [-0.2, -0.15) is 8.42 Å². The molecule has 1 fully saturated rings. The van der Waals surface area contributed by atoms with Crippen molar-refractivity contribution in [3.63, 3.8) is 0 Å². The summed E-state index contributed by atoms with van der Waals surface area (Å²) in [5, 5.41) is 13.2. The Balaban J connectivity index is 0.000000469. The lowest BCUT2D eigenvalue weighted by atomic mass is 10.00. The quantitative estimate of drug-likeness (QED) is 0.610. The van der Waals surface area contributed by atoms with E-state index in [0.717, 1.165) is 22.4 Å². The van der Waals surface area contributed by atoms with Crippen LogP contribution in [0.1, 0.15) is 49.8 Å². The number of carbonyl (C=O) groups is 1. The largest absolute Gasteiger partial charge is 0.479 e. The van der Waals surface area contributed by atoms with Crippen LogP contribution in [0.5, 0.6) is 0 Å². The summed E-state index contributed by atoms with van der Waals surface area (Å²) < 4.78 is 23.5. The molecular weight excluding hydrogens is 450 g/mol. The number of anilines is 1. The van der Waals surface area contributed by atoms with Gasteiger partial charge in [-0.25, -0.2) is 9.79 Å². The minimum Gasteiger partial charge on any atom is -0.479 e. The minimum atomic E-state index is -2.73. The van der Waals surface area contributed by atoms with Crippen molar-refractivity contribution in [2.45, 2.75) is 58.4 Å². The molecule has 0 aliphatic carbocycles. The fourth-order valence-corrected chi connectivity index (χ4v) is 4.90. The molecule has 0 bridgehead atoms. The molecule has 0 saturated carbocycles. The standard InChI is InChI=1S/C21H22N2O4S.C5H11N/c1-3-15-11-8-12-16(4-2)18(15)23-17(13-14-9-6-5-7-10-14)22-20(28(26)27)19(23)21(24)25;1-2-4-6-5-3-1/h5-12,19H,3-4,13H2,1-2H3,(H,24,25);6H,1-5H2. The van der Waals surface area contributed by atoms with E-state index in [1.165, 1.54) is 32.4 Å². The molecule has 2 aromatic carbocycles. The number of piperidine rings is 1. The SMILES string of the molecule is C1CCNCC1.CCc1cccc(CC)c1N1C(Cc2ccccc2)=NC(=S(=O)=O)C1C(=O)O. The number of aryl methyl sites for hydroxylation is 2. The van der Waals surface area contributed by atoms with Crippen molar-refractivity contribution < 1.29 is 18.3 Å². The molecule has 8 heteroatoms. The summed E-state index contributed by atoms with van der Waals surface area (Å²) in [4.78, 5) is 17.6. The van der Waals surface area contributed by atoms with E-state index in [-0.39, 0.29) is 4.99 Å². The van der Waals surface area contributed by atoms with E-state index in [4.69, 9.17) is 0 Å². The minimum absolute atomic E-state index is 0.340. The molecule has 2 aliphatic rings. The van der Waals surface area contributed by atoms with Crippen LogP contribution in [-0.4, -0.2) is 49.4 Å². The van der Waals surface area contributed by atoms with Gasteiger partial charge in [-0.05, 0) is 55.5 Å². The van der Waals surface area contributed by atoms with E-state index in [1.807, 2.05) is 62.4 Å². The number of hydrogen-bond donors (Lipinski definition) is 2. The Bertz CT molecular complexity index is 1110. The van der Waals surface area contributed by atoms with Gasteiger partial charge in [0.1, 0.15) is 5.84 Å². The van der Waals surface area contributed by atoms with Gasteiger partial charge in [-0.15, -0.1) is 0 Å². The zero-order valence-electron chi connectivity index (χ0n) is 19.8. The summed E-state index contributed by atoms with van der Waals surface area (Å²) in [6, 6.07) is 14.0. The fraction of sp³-hybridized carbons (Fsp3) is 0.423. The second kappa shape index (κ2) is 12.5. The maximum absolute atomic E-state index is 12.1. The summed E-state index contributed by atoms with van der Waals surface area (Å²) in [5.74, 6) is -0.813. The Morgan fingerprint density at radius 2 is 1.62 bits per heavy atom. The van der Waals surface area contributed by atoms with Crippen molar-refractivity contribution in [2.24, 2.45) is 4.99 Å². The molecule has 2 heterocycles. The van der Waals surface area contributed by atoms with Gasteiger partial charge in [0.2, 0.25) is 10.3 Å². The van der Waals surface area contributed by atoms with Crippen molar-refractivity contribution >= 4 is 32.8 Å². The maximum atomic E-state index is 12.1. The third-order valence-corrected chi connectivity index (χ3v) is 6.69. The normalized spacial score (nSPS) is 17.6. The van der Waals surface area contributed by atoms with Crippen molar-refractivity contribution in [2.75, 3.05) is 18.0 Å². The van der Waals surface area contributed by atoms with Crippen LogP contribution in [0.3, 0.4) is 0 Å². The number of rotatable bonds is 6. The van der Waals surface area contributed by atoms with Gasteiger partial charge in [-0.1, -0.05) is 68.8 Å². The van der Waals surface area contributed by atoms with E-state index in [0.29, 0.717) is 25.1 Å². The summed E-state index contributed by atoms with van der Waals surface area (Å²) in [6.07, 6.45) is 5.94.